The van der Waals surface area contributed by atoms with Crippen LogP contribution in [0.1, 0.15) is 18.4 Å². The topological polar surface area (TPSA) is 92.3 Å². The number of rotatable bonds is 5. The van der Waals surface area contributed by atoms with Crippen molar-refractivity contribution in [1.82, 2.24) is 0 Å². The minimum atomic E-state index is -3.65. The van der Waals surface area contributed by atoms with Gasteiger partial charge in [-0.05, 0) is 48.9 Å². The molecule has 148 valence electrons. The van der Waals surface area contributed by atoms with Crippen LogP contribution in [0.25, 0.3) is 0 Å². The number of carbonyl (C=O) groups excluding carboxylic acids is 2. The van der Waals surface area contributed by atoms with Crippen LogP contribution in [-0.2, 0) is 19.4 Å². The summed E-state index contributed by atoms with van der Waals surface area (Å²) in [6.45, 7) is 1.90. The van der Waals surface area contributed by atoms with Crippen LogP contribution in [0.2, 0.25) is 0 Å². The maximum Gasteiger partial charge on any atom is 0.225 e. The number of nitrogens with one attached hydrogen (secondary N) is 2. The lowest BCUT2D eigenvalue weighted by Gasteiger charge is -2.10. The van der Waals surface area contributed by atoms with E-state index in [0.717, 1.165) is 14.9 Å². The predicted molar refractivity (Wildman–Crippen MR) is 115 cm³/mol. The van der Waals surface area contributed by atoms with Crippen molar-refractivity contribution in [2.24, 2.45) is 0 Å². The first-order chi connectivity index (χ1) is 13.2. The van der Waals surface area contributed by atoms with Crippen molar-refractivity contribution in [3.63, 3.8) is 0 Å². The van der Waals surface area contributed by atoms with Crippen LogP contribution in [-0.4, -0.2) is 31.7 Å². The van der Waals surface area contributed by atoms with Crippen LogP contribution in [0.5, 0.6) is 0 Å². The molecule has 1 aliphatic rings. The summed E-state index contributed by atoms with van der Waals surface area (Å²) in [4.78, 5) is 24.8. The molecule has 2 aromatic carbocycles. The third-order valence-electron chi connectivity index (χ3n) is 4.21. The van der Waals surface area contributed by atoms with E-state index in [1.807, 2.05) is 19.1 Å². The molecule has 0 radical (unpaired) electrons. The summed E-state index contributed by atoms with van der Waals surface area (Å²) in [6, 6.07) is 10.1. The summed E-state index contributed by atoms with van der Waals surface area (Å²) >= 11 is 4.90. The molecule has 0 fully saturated rings. The van der Waals surface area contributed by atoms with Gasteiger partial charge in [0, 0.05) is 33.7 Å². The number of carbonyl (C=O) groups is 2. The summed E-state index contributed by atoms with van der Waals surface area (Å²) in [6.07, 6.45) is 0.229. The van der Waals surface area contributed by atoms with Gasteiger partial charge in [0.05, 0.1) is 16.3 Å². The maximum absolute atomic E-state index is 12.6. The lowest BCUT2D eigenvalue weighted by molar-refractivity contribution is -0.116. The third-order valence-corrected chi connectivity index (χ3v) is 7.89. The number of fused-ring (bicyclic) bond motifs is 1. The molecule has 0 unspecified atom stereocenters. The van der Waals surface area contributed by atoms with E-state index < -0.39 is 9.84 Å². The molecule has 2 amide bonds. The predicted octanol–water partition coefficient (Wildman–Crippen LogP) is 3.99. The molecule has 6 nitrogen and oxygen atoms in total. The molecule has 3 rings (SSSR count). The summed E-state index contributed by atoms with van der Waals surface area (Å²) in [5.41, 5.74) is 2.09. The largest absolute Gasteiger partial charge is 0.326 e. The van der Waals surface area contributed by atoms with E-state index in [1.165, 1.54) is 23.9 Å². The van der Waals surface area contributed by atoms with E-state index >= 15 is 0 Å². The molecule has 9 heteroatoms. The summed E-state index contributed by atoms with van der Waals surface area (Å²) in [7, 11) is -3.65. The van der Waals surface area contributed by atoms with Crippen molar-refractivity contribution in [1.29, 1.82) is 0 Å². The van der Waals surface area contributed by atoms with Crippen LogP contribution in [0, 0.1) is 6.92 Å². The SMILES string of the molecule is Cc1cc(NC(=O)CCS(=O)(=O)c2ccc3c(c2)NC(=O)CCS3)ccc1Br. The number of amides is 2. The Morgan fingerprint density at radius 3 is 2.79 bits per heavy atom. The Balaban J connectivity index is 1.67. The van der Waals surface area contributed by atoms with Gasteiger partial charge >= 0.3 is 0 Å². The first-order valence-electron chi connectivity index (χ1n) is 8.60. The molecular formula is C19H19BrN2O4S2. The highest BCUT2D eigenvalue weighted by molar-refractivity contribution is 9.10. The first-order valence-corrected chi connectivity index (χ1v) is 12.0. The van der Waals surface area contributed by atoms with Gasteiger partial charge < -0.3 is 10.6 Å². The molecule has 0 aliphatic carbocycles. The van der Waals surface area contributed by atoms with Crippen LogP contribution in [0.3, 0.4) is 0 Å². The van der Waals surface area contributed by atoms with Crippen molar-refractivity contribution >= 4 is 60.7 Å². The molecule has 28 heavy (non-hydrogen) atoms. The maximum atomic E-state index is 12.6. The Kier molecular flexibility index (Phi) is 6.47. The fraction of sp³-hybridized carbons (Fsp3) is 0.263. The second kappa shape index (κ2) is 8.67. The van der Waals surface area contributed by atoms with Gasteiger partial charge in [0.25, 0.3) is 0 Å². The molecule has 0 saturated heterocycles. The van der Waals surface area contributed by atoms with Gasteiger partial charge in [0.1, 0.15) is 0 Å². The van der Waals surface area contributed by atoms with Crippen molar-refractivity contribution in [3.8, 4) is 0 Å². The zero-order chi connectivity index (χ0) is 20.3. The number of hydrogen-bond donors (Lipinski definition) is 2. The molecule has 1 aliphatic heterocycles. The fourth-order valence-corrected chi connectivity index (χ4v) is 5.13. The van der Waals surface area contributed by atoms with Crippen molar-refractivity contribution < 1.29 is 18.0 Å². The summed E-state index contributed by atoms with van der Waals surface area (Å²) in [5.74, 6) is -0.164. The second-order valence-electron chi connectivity index (χ2n) is 6.39. The number of thioether (sulfide) groups is 1. The minimum absolute atomic E-state index is 0.0985. The van der Waals surface area contributed by atoms with E-state index in [4.69, 9.17) is 0 Å². The molecule has 0 atom stereocenters. The van der Waals surface area contributed by atoms with Gasteiger partial charge in [-0.2, -0.15) is 0 Å². The zero-order valence-electron chi connectivity index (χ0n) is 15.1. The molecule has 2 aromatic rings. The minimum Gasteiger partial charge on any atom is -0.326 e. The van der Waals surface area contributed by atoms with Crippen molar-refractivity contribution in [2.75, 3.05) is 22.1 Å². The zero-order valence-corrected chi connectivity index (χ0v) is 18.3. The lowest BCUT2D eigenvalue weighted by Crippen LogP contribution is -2.18. The number of halogens is 1. The average Bonchev–Trinajstić information content (AvgIpc) is 2.83. The Bertz CT molecular complexity index is 1040. The van der Waals surface area contributed by atoms with E-state index in [0.29, 0.717) is 23.5 Å². The highest BCUT2D eigenvalue weighted by Crippen LogP contribution is 2.33. The smallest absolute Gasteiger partial charge is 0.225 e. The average molecular weight is 483 g/mol. The van der Waals surface area contributed by atoms with E-state index in [9.17, 15) is 18.0 Å². The Hall–Kier alpha value is -1.84. The molecule has 0 spiro atoms. The Morgan fingerprint density at radius 2 is 2.04 bits per heavy atom. The van der Waals surface area contributed by atoms with Crippen LogP contribution in [0.15, 0.2) is 50.7 Å². The number of hydrogen-bond acceptors (Lipinski definition) is 5. The van der Waals surface area contributed by atoms with Crippen molar-refractivity contribution in [3.05, 3.63) is 46.4 Å². The normalized spacial score (nSPS) is 14.0. The monoisotopic (exact) mass is 482 g/mol. The fourth-order valence-electron chi connectivity index (χ4n) is 2.68. The molecule has 1 heterocycles. The standard InChI is InChI=1S/C19H19BrN2O4S2/c1-12-10-13(2-4-15(12)20)21-19(24)7-9-28(25,26)14-3-5-17-16(11-14)22-18(23)6-8-27-17/h2-5,10-11H,6-9H2,1H3,(H,21,24)(H,22,23). The number of sulfone groups is 1. The van der Waals surface area contributed by atoms with E-state index in [1.54, 1.807) is 12.1 Å². The second-order valence-corrected chi connectivity index (χ2v) is 10.5. The summed E-state index contributed by atoms with van der Waals surface area (Å²) in [5, 5.41) is 5.45. The van der Waals surface area contributed by atoms with Gasteiger partial charge in [-0.25, -0.2) is 8.42 Å². The molecule has 0 aromatic heterocycles. The van der Waals surface area contributed by atoms with Crippen LogP contribution < -0.4 is 10.6 Å². The Morgan fingerprint density at radius 1 is 1.25 bits per heavy atom. The third kappa shape index (κ3) is 5.15. The summed E-state index contributed by atoms with van der Waals surface area (Å²) < 4.78 is 26.2. The Labute approximate surface area is 176 Å². The van der Waals surface area contributed by atoms with Gasteiger partial charge in [-0.1, -0.05) is 15.9 Å². The van der Waals surface area contributed by atoms with Crippen LogP contribution >= 0.6 is 27.7 Å². The molecular weight excluding hydrogens is 464 g/mol. The number of anilines is 2. The number of benzene rings is 2. The van der Waals surface area contributed by atoms with E-state index in [-0.39, 0.29) is 28.9 Å². The molecule has 0 bridgehead atoms. The van der Waals surface area contributed by atoms with Gasteiger partial charge in [0.2, 0.25) is 11.8 Å². The van der Waals surface area contributed by atoms with Crippen LogP contribution in [0.4, 0.5) is 11.4 Å². The first kappa shape index (κ1) is 20.9. The van der Waals surface area contributed by atoms with Gasteiger partial charge in [-0.3, -0.25) is 9.59 Å². The number of aryl methyl sites for hydroxylation is 1. The van der Waals surface area contributed by atoms with E-state index in [2.05, 4.69) is 26.6 Å². The molecule has 0 saturated carbocycles. The molecule has 2 N–H and O–H groups in total. The highest BCUT2D eigenvalue weighted by Gasteiger charge is 2.20. The highest BCUT2D eigenvalue weighted by atomic mass is 79.9. The lowest BCUT2D eigenvalue weighted by atomic mass is 10.2. The van der Waals surface area contributed by atoms with Gasteiger partial charge in [-0.15, -0.1) is 11.8 Å². The van der Waals surface area contributed by atoms with Crippen molar-refractivity contribution in [2.45, 2.75) is 29.6 Å². The van der Waals surface area contributed by atoms with Gasteiger partial charge in [0.15, 0.2) is 9.84 Å². The quantitative estimate of drug-likeness (QED) is 0.671.